The SMILES string of the molecule is Cc1ccc(C2=NN(C(=O)CN3C(=O)N[C@@](C)(c4ccc(C#N)cc4)C3=O)[C@@H](c3ccco3)C2)cc1. The largest absolute Gasteiger partial charge is 0.467 e. The maximum Gasteiger partial charge on any atom is 0.325 e. The number of hydrogen-bond donors (Lipinski definition) is 1. The molecule has 4 amide bonds. The fraction of sp³-hybridized carbons (Fsp3) is 0.222. The smallest absolute Gasteiger partial charge is 0.325 e. The first kappa shape index (κ1) is 23.1. The van der Waals surface area contributed by atoms with Crippen LogP contribution in [0, 0.1) is 18.3 Å². The monoisotopic (exact) mass is 481 g/mol. The Hall–Kier alpha value is -4.71. The predicted molar refractivity (Wildman–Crippen MR) is 129 cm³/mol. The number of rotatable bonds is 5. The molecule has 9 heteroatoms. The maximum atomic E-state index is 13.4. The number of nitriles is 1. The average molecular weight is 482 g/mol. The lowest BCUT2D eigenvalue weighted by Gasteiger charge is -2.24. The van der Waals surface area contributed by atoms with E-state index >= 15 is 0 Å². The van der Waals surface area contributed by atoms with Crippen LogP contribution in [-0.4, -0.2) is 40.0 Å². The lowest BCUT2D eigenvalue weighted by Crippen LogP contribution is -2.43. The Kier molecular flexibility index (Phi) is 5.65. The molecule has 2 aliphatic heterocycles. The number of furan rings is 1. The van der Waals surface area contributed by atoms with E-state index in [9.17, 15) is 14.4 Å². The van der Waals surface area contributed by atoms with Crippen molar-refractivity contribution in [3.8, 4) is 6.07 Å². The molecule has 3 aromatic rings. The zero-order valence-electron chi connectivity index (χ0n) is 19.8. The Labute approximate surface area is 207 Å². The summed E-state index contributed by atoms with van der Waals surface area (Å²) in [5, 5.41) is 17.6. The summed E-state index contributed by atoms with van der Waals surface area (Å²) in [7, 11) is 0. The fourth-order valence-corrected chi connectivity index (χ4v) is 4.49. The van der Waals surface area contributed by atoms with Crippen molar-refractivity contribution in [3.05, 3.63) is 94.9 Å². The summed E-state index contributed by atoms with van der Waals surface area (Å²) in [4.78, 5) is 40.4. The highest BCUT2D eigenvalue weighted by Gasteiger charge is 2.50. The summed E-state index contributed by atoms with van der Waals surface area (Å²) in [6, 6.07) is 18.6. The molecule has 0 radical (unpaired) electrons. The fourth-order valence-electron chi connectivity index (χ4n) is 4.49. The number of hydrazone groups is 1. The minimum atomic E-state index is -1.35. The number of carbonyl (C=O) groups excluding carboxylic acids is 3. The number of carbonyl (C=O) groups is 3. The minimum Gasteiger partial charge on any atom is -0.467 e. The quantitative estimate of drug-likeness (QED) is 0.559. The Bertz CT molecular complexity index is 1400. The Morgan fingerprint density at radius 3 is 2.53 bits per heavy atom. The average Bonchev–Trinajstić information content (AvgIpc) is 3.61. The van der Waals surface area contributed by atoms with Gasteiger partial charge in [-0.1, -0.05) is 42.0 Å². The van der Waals surface area contributed by atoms with Gasteiger partial charge >= 0.3 is 6.03 Å². The van der Waals surface area contributed by atoms with Crippen LogP contribution in [0.3, 0.4) is 0 Å². The van der Waals surface area contributed by atoms with E-state index in [4.69, 9.17) is 9.68 Å². The van der Waals surface area contributed by atoms with Crippen molar-refractivity contribution in [2.75, 3.05) is 6.54 Å². The lowest BCUT2D eigenvalue weighted by atomic mass is 9.91. The molecule has 3 heterocycles. The molecule has 2 aliphatic rings. The molecule has 0 aliphatic carbocycles. The van der Waals surface area contributed by atoms with Crippen LogP contribution in [0.2, 0.25) is 0 Å². The molecule has 0 unspecified atom stereocenters. The molecule has 1 aromatic heterocycles. The van der Waals surface area contributed by atoms with Gasteiger partial charge in [0, 0.05) is 6.42 Å². The third-order valence-corrected chi connectivity index (χ3v) is 6.58. The van der Waals surface area contributed by atoms with Crippen molar-refractivity contribution in [2.24, 2.45) is 5.10 Å². The molecule has 0 spiro atoms. The second kappa shape index (κ2) is 8.82. The van der Waals surface area contributed by atoms with Crippen molar-refractivity contribution in [1.29, 1.82) is 5.26 Å². The van der Waals surface area contributed by atoms with E-state index in [1.807, 2.05) is 37.3 Å². The molecule has 36 heavy (non-hydrogen) atoms. The van der Waals surface area contributed by atoms with Crippen molar-refractivity contribution < 1.29 is 18.8 Å². The number of urea groups is 1. The maximum absolute atomic E-state index is 13.4. The number of benzene rings is 2. The van der Waals surface area contributed by atoms with Gasteiger partial charge in [-0.2, -0.15) is 10.4 Å². The van der Waals surface area contributed by atoms with Gasteiger partial charge in [0.15, 0.2) is 0 Å². The molecule has 1 saturated heterocycles. The summed E-state index contributed by atoms with van der Waals surface area (Å²) < 4.78 is 5.57. The van der Waals surface area contributed by atoms with Crippen molar-refractivity contribution in [2.45, 2.75) is 31.8 Å². The van der Waals surface area contributed by atoms with Gasteiger partial charge in [-0.15, -0.1) is 0 Å². The standard InChI is InChI=1S/C27H23N5O4/c1-17-5-9-19(10-6-17)21-14-22(23-4-3-13-36-23)32(30-21)24(33)16-31-25(34)27(2,29-26(31)35)20-11-7-18(15-28)8-12-20/h3-13,22H,14,16H2,1-2H3,(H,29,35)/t22-,27+/m1/s1. The van der Waals surface area contributed by atoms with E-state index in [1.165, 1.54) is 11.3 Å². The van der Waals surface area contributed by atoms with E-state index in [1.54, 1.807) is 43.3 Å². The molecular weight excluding hydrogens is 458 g/mol. The number of amides is 4. The van der Waals surface area contributed by atoms with E-state index in [-0.39, 0.29) is 0 Å². The topological polar surface area (TPSA) is 119 Å². The van der Waals surface area contributed by atoms with E-state index < -0.39 is 36.0 Å². The van der Waals surface area contributed by atoms with E-state index in [0.717, 1.165) is 16.0 Å². The van der Waals surface area contributed by atoms with Crippen LogP contribution >= 0.6 is 0 Å². The highest BCUT2D eigenvalue weighted by molar-refractivity contribution is 6.09. The molecule has 2 atom stereocenters. The van der Waals surface area contributed by atoms with Crippen molar-refractivity contribution >= 4 is 23.6 Å². The first-order valence-electron chi connectivity index (χ1n) is 11.4. The van der Waals surface area contributed by atoms with Gasteiger partial charge in [-0.05, 0) is 49.2 Å². The van der Waals surface area contributed by atoms with Crippen LogP contribution in [-0.2, 0) is 15.1 Å². The first-order chi connectivity index (χ1) is 17.3. The third kappa shape index (κ3) is 3.92. The normalized spacial score (nSPS) is 21.4. The molecule has 180 valence electrons. The van der Waals surface area contributed by atoms with Gasteiger partial charge in [0.25, 0.3) is 11.8 Å². The number of imide groups is 1. The number of nitrogens with one attached hydrogen (secondary N) is 1. The van der Waals surface area contributed by atoms with Crippen LogP contribution in [0.1, 0.15) is 47.4 Å². The Balaban J connectivity index is 1.40. The lowest BCUT2D eigenvalue weighted by molar-refractivity contribution is -0.140. The Morgan fingerprint density at radius 1 is 1.17 bits per heavy atom. The second-order valence-corrected chi connectivity index (χ2v) is 9.02. The zero-order valence-corrected chi connectivity index (χ0v) is 19.8. The molecule has 5 rings (SSSR count). The molecule has 0 saturated carbocycles. The van der Waals surface area contributed by atoms with Crippen LogP contribution in [0.5, 0.6) is 0 Å². The summed E-state index contributed by atoms with van der Waals surface area (Å²) >= 11 is 0. The van der Waals surface area contributed by atoms with Crippen LogP contribution in [0.15, 0.2) is 76.4 Å². The number of aryl methyl sites for hydroxylation is 1. The molecule has 1 fully saturated rings. The third-order valence-electron chi connectivity index (χ3n) is 6.58. The van der Waals surface area contributed by atoms with Crippen molar-refractivity contribution in [3.63, 3.8) is 0 Å². The minimum absolute atomic E-state index is 0.436. The zero-order chi connectivity index (χ0) is 25.4. The second-order valence-electron chi connectivity index (χ2n) is 9.02. The summed E-state index contributed by atoms with van der Waals surface area (Å²) in [6.45, 7) is 3.10. The highest BCUT2D eigenvalue weighted by atomic mass is 16.3. The van der Waals surface area contributed by atoms with Gasteiger partial charge in [-0.25, -0.2) is 9.80 Å². The van der Waals surface area contributed by atoms with Crippen LogP contribution < -0.4 is 5.32 Å². The van der Waals surface area contributed by atoms with Crippen molar-refractivity contribution in [1.82, 2.24) is 15.2 Å². The Morgan fingerprint density at radius 2 is 1.89 bits per heavy atom. The summed E-state index contributed by atoms with van der Waals surface area (Å²) in [5.41, 5.74) is 2.31. The number of nitrogens with zero attached hydrogens (tertiary/aromatic N) is 4. The molecule has 9 nitrogen and oxygen atoms in total. The van der Waals surface area contributed by atoms with Gasteiger partial charge in [0.05, 0.1) is 23.6 Å². The van der Waals surface area contributed by atoms with Gasteiger partial charge in [-0.3, -0.25) is 14.5 Å². The predicted octanol–water partition coefficient (Wildman–Crippen LogP) is 3.60. The summed E-state index contributed by atoms with van der Waals surface area (Å²) in [5.74, 6) is -0.498. The molecule has 1 N–H and O–H groups in total. The summed E-state index contributed by atoms with van der Waals surface area (Å²) in [6.07, 6.45) is 1.97. The van der Waals surface area contributed by atoms with Gasteiger partial charge in [0.2, 0.25) is 0 Å². The van der Waals surface area contributed by atoms with Gasteiger partial charge < -0.3 is 9.73 Å². The van der Waals surface area contributed by atoms with Crippen LogP contribution in [0.4, 0.5) is 4.79 Å². The molecule has 2 aromatic carbocycles. The van der Waals surface area contributed by atoms with Crippen LogP contribution in [0.25, 0.3) is 0 Å². The van der Waals surface area contributed by atoms with Gasteiger partial charge in [0.1, 0.15) is 23.9 Å². The molecular formula is C27H23N5O4. The number of hydrogen-bond acceptors (Lipinski definition) is 6. The first-order valence-corrected chi connectivity index (χ1v) is 11.4. The van der Waals surface area contributed by atoms with E-state index in [0.29, 0.717) is 29.0 Å². The molecule has 0 bridgehead atoms. The van der Waals surface area contributed by atoms with E-state index in [2.05, 4.69) is 10.4 Å². The highest BCUT2D eigenvalue weighted by Crippen LogP contribution is 2.34.